The molecular formula is C12H14N2. The minimum absolute atomic E-state index is 0.508. The molecule has 0 radical (unpaired) electrons. The average Bonchev–Trinajstić information content (AvgIpc) is 2.16. The summed E-state index contributed by atoms with van der Waals surface area (Å²) < 4.78 is 0. The molecule has 14 heavy (non-hydrogen) atoms. The fraction of sp³-hybridized carbons (Fsp3) is 0.250. The summed E-state index contributed by atoms with van der Waals surface area (Å²) in [4.78, 5) is 4.39. The van der Waals surface area contributed by atoms with Crippen LogP contribution in [-0.2, 0) is 0 Å². The molecule has 0 aliphatic heterocycles. The normalized spacial score (nSPS) is 11.1. The Morgan fingerprint density at radius 1 is 1.21 bits per heavy atom. The van der Waals surface area contributed by atoms with Gasteiger partial charge < -0.3 is 5.73 Å². The van der Waals surface area contributed by atoms with E-state index < -0.39 is 0 Å². The number of fused-ring (bicyclic) bond motifs is 1. The summed E-state index contributed by atoms with van der Waals surface area (Å²) in [5.74, 6) is 0.508. The average molecular weight is 186 g/mol. The molecule has 0 unspecified atom stereocenters. The van der Waals surface area contributed by atoms with Crippen LogP contribution in [-0.4, -0.2) is 4.98 Å². The number of aromatic nitrogens is 1. The van der Waals surface area contributed by atoms with E-state index in [4.69, 9.17) is 5.73 Å². The van der Waals surface area contributed by atoms with E-state index >= 15 is 0 Å². The van der Waals surface area contributed by atoms with Gasteiger partial charge >= 0.3 is 0 Å². The second-order valence-corrected chi connectivity index (χ2v) is 3.88. The van der Waals surface area contributed by atoms with Crippen molar-refractivity contribution in [3.05, 3.63) is 36.0 Å². The summed E-state index contributed by atoms with van der Waals surface area (Å²) in [5, 5.41) is 1.12. The summed E-state index contributed by atoms with van der Waals surface area (Å²) in [6.45, 7) is 4.32. The molecule has 2 heteroatoms. The van der Waals surface area contributed by atoms with E-state index in [1.807, 2.05) is 24.4 Å². The van der Waals surface area contributed by atoms with Crippen molar-refractivity contribution in [1.82, 2.24) is 4.98 Å². The van der Waals surface area contributed by atoms with Crippen molar-refractivity contribution < 1.29 is 0 Å². The van der Waals surface area contributed by atoms with E-state index in [0.717, 1.165) is 16.6 Å². The number of anilines is 1. The highest BCUT2D eigenvalue weighted by molar-refractivity contribution is 5.82. The number of benzene rings is 1. The molecule has 2 nitrogen and oxygen atoms in total. The molecule has 0 saturated heterocycles. The Hall–Kier alpha value is -1.57. The highest BCUT2D eigenvalue weighted by Gasteiger charge is 2.01. The minimum atomic E-state index is 0.508. The van der Waals surface area contributed by atoms with Gasteiger partial charge in [-0.1, -0.05) is 13.8 Å². The topological polar surface area (TPSA) is 38.9 Å². The van der Waals surface area contributed by atoms with Crippen LogP contribution in [0.2, 0.25) is 0 Å². The number of hydrogen-bond donors (Lipinski definition) is 1. The number of hydrogen-bond acceptors (Lipinski definition) is 2. The van der Waals surface area contributed by atoms with Crippen molar-refractivity contribution in [1.29, 1.82) is 0 Å². The van der Waals surface area contributed by atoms with Crippen LogP contribution in [0.5, 0.6) is 0 Å². The number of pyridine rings is 1. The summed E-state index contributed by atoms with van der Waals surface area (Å²) in [5.41, 5.74) is 8.77. The van der Waals surface area contributed by atoms with Gasteiger partial charge in [-0.05, 0) is 35.7 Å². The number of rotatable bonds is 1. The standard InChI is InChI=1S/C12H14N2/c1-8(2)10-5-9-6-11(13)3-4-12(9)14-7-10/h3-8H,13H2,1-2H3. The maximum Gasteiger partial charge on any atom is 0.0703 e. The molecule has 0 atom stereocenters. The van der Waals surface area contributed by atoms with Gasteiger partial charge in [0, 0.05) is 17.3 Å². The lowest BCUT2D eigenvalue weighted by molar-refractivity contribution is 0.862. The first-order valence-electron chi connectivity index (χ1n) is 4.82. The zero-order chi connectivity index (χ0) is 10.1. The largest absolute Gasteiger partial charge is 0.399 e. The van der Waals surface area contributed by atoms with E-state index in [-0.39, 0.29) is 0 Å². The van der Waals surface area contributed by atoms with Crippen LogP contribution in [0.1, 0.15) is 25.3 Å². The number of nitrogens with zero attached hydrogens (tertiary/aromatic N) is 1. The Labute approximate surface area is 83.8 Å². The van der Waals surface area contributed by atoms with Gasteiger partial charge in [0.25, 0.3) is 0 Å². The molecule has 0 amide bonds. The van der Waals surface area contributed by atoms with Gasteiger partial charge in [0.15, 0.2) is 0 Å². The van der Waals surface area contributed by atoms with Crippen molar-refractivity contribution in [2.75, 3.05) is 5.73 Å². The molecule has 1 heterocycles. The van der Waals surface area contributed by atoms with E-state index in [2.05, 4.69) is 24.9 Å². The molecule has 0 spiro atoms. The molecule has 1 aromatic heterocycles. The summed E-state index contributed by atoms with van der Waals surface area (Å²) >= 11 is 0. The van der Waals surface area contributed by atoms with Crippen molar-refractivity contribution >= 4 is 16.6 Å². The van der Waals surface area contributed by atoms with Crippen LogP contribution in [0.4, 0.5) is 5.69 Å². The van der Waals surface area contributed by atoms with Gasteiger partial charge in [0.1, 0.15) is 0 Å². The van der Waals surface area contributed by atoms with E-state index in [1.165, 1.54) is 5.56 Å². The summed E-state index contributed by atoms with van der Waals surface area (Å²) in [6.07, 6.45) is 1.93. The number of nitrogens with two attached hydrogens (primary N) is 1. The second-order valence-electron chi connectivity index (χ2n) is 3.88. The predicted octanol–water partition coefficient (Wildman–Crippen LogP) is 2.94. The molecule has 2 rings (SSSR count). The zero-order valence-electron chi connectivity index (χ0n) is 8.49. The smallest absolute Gasteiger partial charge is 0.0703 e. The first-order chi connectivity index (χ1) is 6.66. The van der Waals surface area contributed by atoms with Crippen molar-refractivity contribution in [2.24, 2.45) is 0 Å². The van der Waals surface area contributed by atoms with E-state index in [0.29, 0.717) is 5.92 Å². The molecule has 0 fully saturated rings. The minimum Gasteiger partial charge on any atom is -0.399 e. The van der Waals surface area contributed by atoms with Crippen LogP contribution >= 0.6 is 0 Å². The first-order valence-corrected chi connectivity index (χ1v) is 4.82. The quantitative estimate of drug-likeness (QED) is 0.695. The van der Waals surface area contributed by atoms with Crippen LogP contribution < -0.4 is 5.73 Å². The highest BCUT2D eigenvalue weighted by atomic mass is 14.7. The summed E-state index contributed by atoms with van der Waals surface area (Å²) in [6, 6.07) is 7.96. The first kappa shape index (κ1) is 9.00. The van der Waals surface area contributed by atoms with Gasteiger partial charge in [-0.15, -0.1) is 0 Å². The lowest BCUT2D eigenvalue weighted by atomic mass is 10.0. The van der Waals surface area contributed by atoms with Crippen LogP contribution in [0.3, 0.4) is 0 Å². The molecule has 72 valence electrons. The SMILES string of the molecule is CC(C)c1cnc2ccc(N)cc2c1. The zero-order valence-corrected chi connectivity index (χ0v) is 8.49. The Balaban J connectivity index is 2.63. The molecule has 0 saturated carbocycles. The fourth-order valence-corrected chi connectivity index (χ4v) is 1.48. The van der Waals surface area contributed by atoms with E-state index in [1.54, 1.807) is 0 Å². The number of nitrogen functional groups attached to an aromatic ring is 1. The molecule has 1 aromatic carbocycles. The van der Waals surface area contributed by atoms with Gasteiger partial charge in [-0.25, -0.2) is 0 Å². The Kier molecular flexibility index (Phi) is 2.12. The molecule has 0 aliphatic carbocycles. The third kappa shape index (κ3) is 1.55. The third-order valence-electron chi connectivity index (χ3n) is 2.39. The van der Waals surface area contributed by atoms with Gasteiger partial charge in [0.2, 0.25) is 0 Å². The summed E-state index contributed by atoms with van der Waals surface area (Å²) in [7, 11) is 0. The maximum atomic E-state index is 5.72. The monoisotopic (exact) mass is 186 g/mol. The van der Waals surface area contributed by atoms with Gasteiger partial charge in [-0.3, -0.25) is 4.98 Å². The Bertz CT molecular complexity index is 461. The lowest BCUT2D eigenvalue weighted by Crippen LogP contribution is -1.91. The van der Waals surface area contributed by atoms with Gasteiger partial charge in [-0.2, -0.15) is 0 Å². The molecule has 2 N–H and O–H groups in total. The molecular weight excluding hydrogens is 172 g/mol. The predicted molar refractivity (Wildman–Crippen MR) is 60.2 cm³/mol. The highest BCUT2D eigenvalue weighted by Crippen LogP contribution is 2.20. The molecule has 0 bridgehead atoms. The Morgan fingerprint density at radius 3 is 2.71 bits per heavy atom. The van der Waals surface area contributed by atoms with Crippen LogP contribution in [0.25, 0.3) is 10.9 Å². The molecule has 2 aromatic rings. The van der Waals surface area contributed by atoms with Crippen LogP contribution in [0.15, 0.2) is 30.5 Å². The lowest BCUT2D eigenvalue weighted by Gasteiger charge is -2.06. The third-order valence-corrected chi connectivity index (χ3v) is 2.39. The van der Waals surface area contributed by atoms with E-state index in [9.17, 15) is 0 Å². The van der Waals surface area contributed by atoms with Crippen LogP contribution in [0, 0.1) is 0 Å². The second kappa shape index (κ2) is 3.29. The fourth-order valence-electron chi connectivity index (χ4n) is 1.48. The molecule has 0 aliphatic rings. The van der Waals surface area contributed by atoms with Crippen molar-refractivity contribution in [3.63, 3.8) is 0 Å². The Morgan fingerprint density at radius 2 is 2.00 bits per heavy atom. The maximum absolute atomic E-state index is 5.72. The van der Waals surface area contributed by atoms with Gasteiger partial charge in [0.05, 0.1) is 5.52 Å². The van der Waals surface area contributed by atoms with Crippen molar-refractivity contribution in [2.45, 2.75) is 19.8 Å². The van der Waals surface area contributed by atoms with Crippen molar-refractivity contribution in [3.8, 4) is 0 Å².